The minimum absolute atomic E-state index is 0.973. The van der Waals surface area contributed by atoms with E-state index in [0.717, 1.165) is 12.6 Å². The molecule has 2 heteroatoms. The Kier molecular flexibility index (Phi) is 2.24. The van der Waals surface area contributed by atoms with E-state index in [2.05, 4.69) is 29.2 Å². The normalized spacial score (nSPS) is 24.4. The van der Waals surface area contributed by atoms with Crippen molar-refractivity contribution in [2.24, 2.45) is 5.92 Å². The van der Waals surface area contributed by atoms with E-state index in [1.807, 2.05) is 0 Å². The van der Waals surface area contributed by atoms with Crippen LogP contribution in [0.2, 0.25) is 0 Å². The zero-order chi connectivity index (χ0) is 8.39. The Labute approximate surface area is 74.8 Å². The van der Waals surface area contributed by atoms with Crippen molar-refractivity contribution in [1.29, 1.82) is 0 Å². The molecule has 0 atom stereocenters. The summed E-state index contributed by atoms with van der Waals surface area (Å²) in [6.45, 7) is 2.37. The topological polar surface area (TPSA) is 6.48 Å². The maximum absolute atomic E-state index is 2.43. The largest absolute Gasteiger partial charge is 0.362 e. The number of nitrogens with zero attached hydrogens (tertiary/aromatic N) is 2. The molecule has 1 saturated carbocycles. The first-order valence-corrected chi connectivity index (χ1v) is 4.97. The molecular formula is C10H18N2. The van der Waals surface area contributed by atoms with Crippen LogP contribution in [0.3, 0.4) is 0 Å². The number of hydrogen-bond acceptors (Lipinski definition) is 2. The van der Waals surface area contributed by atoms with Crippen molar-refractivity contribution in [3.05, 3.63) is 12.4 Å². The zero-order valence-corrected chi connectivity index (χ0v) is 7.87. The van der Waals surface area contributed by atoms with Crippen molar-refractivity contribution in [3.8, 4) is 0 Å². The van der Waals surface area contributed by atoms with Crippen LogP contribution in [0, 0.1) is 5.92 Å². The summed E-state index contributed by atoms with van der Waals surface area (Å²) in [4.78, 5) is 4.66. The minimum Gasteiger partial charge on any atom is -0.362 e. The van der Waals surface area contributed by atoms with Crippen LogP contribution in [0.1, 0.15) is 25.7 Å². The van der Waals surface area contributed by atoms with Gasteiger partial charge in [0, 0.05) is 26.0 Å². The summed E-state index contributed by atoms with van der Waals surface area (Å²) in [6, 6.07) is 0. The maximum atomic E-state index is 2.43. The molecule has 0 aromatic rings. The van der Waals surface area contributed by atoms with Gasteiger partial charge in [0.15, 0.2) is 0 Å². The van der Waals surface area contributed by atoms with Gasteiger partial charge < -0.3 is 9.80 Å². The Hall–Kier alpha value is -0.660. The van der Waals surface area contributed by atoms with Gasteiger partial charge in [-0.2, -0.15) is 0 Å². The zero-order valence-electron chi connectivity index (χ0n) is 7.87. The fourth-order valence-corrected chi connectivity index (χ4v) is 2.23. The summed E-state index contributed by atoms with van der Waals surface area (Å²) in [5.41, 5.74) is 0. The molecule has 0 radical (unpaired) electrons. The van der Waals surface area contributed by atoms with Gasteiger partial charge in [0.2, 0.25) is 0 Å². The third-order valence-electron chi connectivity index (χ3n) is 2.90. The van der Waals surface area contributed by atoms with Gasteiger partial charge in [-0.25, -0.2) is 0 Å². The summed E-state index contributed by atoms with van der Waals surface area (Å²) >= 11 is 0. The molecule has 2 nitrogen and oxygen atoms in total. The van der Waals surface area contributed by atoms with E-state index in [1.165, 1.54) is 32.2 Å². The van der Waals surface area contributed by atoms with Crippen molar-refractivity contribution in [3.63, 3.8) is 0 Å². The van der Waals surface area contributed by atoms with Crippen LogP contribution >= 0.6 is 0 Å². The van der Waals surface area contributed by atoms with Crippen molar-refractivity contribution < 1.29 is 0 Å². The van der Waals surface area contributed by atoms with Gasteiger partial charge in [0.05, 0.1) is 6.67 Å². The summed E-state index contributed by atoms with van der Waals surface area (Å²) < 4.78 is 0. The van der Waals surface area contributed by atoms with Crippen LogP contribution in [0.4, 0.5) is 0 Å². The molecule has 0 spiro atoms. The second-order valence-corrected chi connectivity index (χ2v) is 4.12. The Morgan fingerprint density at radius 2 is 2.00 bits per heavy atom. The van der Waals surface area contributed by atoms with E-state index in [4.69, 9.17) is 0 Å². The molecule has 0 aromatic heterocycles. The van der Waals surface area contributed by atoms with Crippen LogP contribution in [-0.4, -0.2) is 30.1 Å². The lowest BCUT2D eigenvalue weighted by atomic mass is 10.1. The molecule has 1 heterocycles. The maximum Gasteiger partial charge on any atom is 0.0890 e. The average Bonchev–Trinajstić information content (AvgIpc) is 2.63. The highest BCUT2D eigenvalue weighted by atomic mass is 15.3. The van der Waals surface area contributed by atoms with Crippen molar-refractivity contribution >= 4 is 0 Å². The number of hydrogen-bond donors (Lipinski definition) is 0. The van der Waals surface area contributed by atoms with E-state index in [9.17, 15) is 0 Å². The van der Waals surface area contributed by atoms with Crippen molar-refractivity contribution in [1.82, 2.24) is 9.80 Å². The van der Waals surface area contributed by atoms with E-state index < -0.39 is 0 Å². The summed E-state index contributed by atoms with van der Waals surface area (Å²) in [6.07, 6.45) is 10.2. The van der Waals surface area contributed by atoms with Gasteiger partial charge >= 0.3 is 0 Å². The lowest BCUT2D eigenvalue weighted by molar-refractivity contribution is 0.259. The summed E-state index contributed by atoms with van der Waals surface area (Å²) in [5.74, 6) is 0.973. The third kappa shape index (κ3) is 1.74. The molecule has 2 aliphatic rings. The van der Waals surface area contributed by atoms with Gasteiger partial charge in [-0.05, 0) is 18.8 Å². The number of rotatable bonds is 2. The molecule has 0 aromatic carbocycles. The van der Waals surface area contributed by atoms with Crippen LogP contribution in [0.5, 0.6) is 0 Å². The average molecular weight is 166 g/mol. The van der Waals surface area contributed by atoms with Crippen LogP contribution in [-0.2, 0) is 0 Å². The predicted molar refractivity (Wildman–Crippen MR) is 50.4 cm³/mol. The van der Waals surface area contributed by atoms with Gasteiger partial charge in [0.25, 0.3) is 0 Å². The highest BCUT2D eigenvalue weighted by Gasteiger charge is 2.18. The Morgan fingerprint density at radius 3 is 2.58 bits per heavy atom. The van der Waals surface area contributed by atoms with Gasteiger partial charge in [-0.3, -0.25) is 0 Å². The Balaban J connectivity index is 1.76. The first-order valence-electron chi connectivity index (χ1n) is 4.97. The summed E-state index contributed by atoms with van der Waals surface area (Å²) in [5, 5.41) is 0. The summed E-state index contributed by atoms with van der Waals surface area (Å²) in [7, 11) is 2.13. The van der Waals surface area contributed by atoms with Crippen LogP contribution < -0.4 is 0 Å². The van der Waals surface area contributed by atoms with E-state index in [-0.39, 0.29) is 0 Å². The molecule has 68 valence electrons. The van der Waals surface area contributed by atoms with E-state index in [1.54, 1.807) is 0 Å². The predicted octanol–water partition coefficient (Wildman–Crippen LogP) is 1.85. The monoisotopic (exact) mass is 166 g/mol. The molecular weight excluding hydrogens is 148 g/mol. The second kappa shape index (κ2) is 3.38. The quantitative estimate of drug-likeness (QED) is 0.617. The molecule has 0 saturated heterocycles. The van der Waals surface area contributed by atoms with Crippen LogP contribution in [0.25, 0.3) is 0 Å². The smallest absolute Gasteiger partial charge is 0.0890 e. The second-order valence-electron chi connectivity index (χ2n) is 4.12. The standard InChI is InChI=1S/C10H18N2/c1-11-6-7-12(9-11)8-10-4-2-3-5-10/h6-7,10H,2-5,8-9H2,1H3. The third-order valence-corrected chi connectivity index (χ3v) is 2.90. The Morgan fingerprint density at radius 1 is 1.25 bits per heavy atom. The SMILES string of the molecule is CN1C=CN(CC2CCCC2)C1. The molecule has 0 N–H and O–H groups in total. The lowest BCUT2D eigenvalue weighted by Gasteiger charge is -2.21. The van der Waals surface area contributed by atoms with Crippen molar-refractivity contribution in [2.45, 2.75) is 25.7 Å². The van der Waals surface area contributed by atoms with E-state index in [0.29, 0.717) is 0 Å². The van der Waals surface area contributed by atoms with Gasteiger partial charge in [-0.15, -0.1) is 0 Å². The van der Waals surface area contributed by atoms with E-state index >= 15 is 0 Å². The Bertz CT molecular complexity index is 171. The molecule has 1 fully saturated rings. The fourth-order valence-electron chi connectivity index (χ4n) is 2.23. The van der Waals surface area contributed by atoms with Crippen LogP contribution in [0.15, 0.2) is 12.4 Å². The molecule has 0 amide bonds. The highest BCUT2D eigenvalue weighted by molar-refractivity contribution is 4.89. The van der Waals surface area contributed by atoms with Gasteiger partial charge in [0.1, 0.15) is 0 Å². The first kappa shape index (κ1) is 7.96. The molecule has 0 bridgehead atoms. The molecule has 1 aliphatic heterocycles. The minimum atomic E-state index is 0.973. The molecule has 0 unspecified atom stereocenters. The van der Waals surface area contributed by atoms with Crippen molar-refractivity contribution in [2.75, 3.05) is 20.3 Å². The molecule has 12 heavy (non-hydrogen) atoms. The molecule has 2 rings (SSSR count). The fraction of sp³-hybridized carbons (Fsp3) is 0.800. The first-order chi connectivity index (χ1) is 5.84. The molecule has 1 aliphatic carbocycles. The lowest BCUT2D eigenvalue weighted by Crippen LogP contribution is -2.26. The van der Waals surface area contributed by atoms with Gasteiger partial charge in [-0.1, -0.05) is 12.8 Å². The highest BCUT2D eigenvalue weighted by Crippen LogP contribution is 2.26.